The maximum atomic E-state index is 11.3. The number of hydrogen-bond donors (Lipinski definition) is 1. The molecule has 0 saturated carbocycles. The second-order valence-electron chi connectivity index (χ2n) is 3.25. The van der Waals surface area contributed by atoms with Gasteiger partial charge in [-0.15, -0.1) is 0 Å². The molecule has 6 nitrogen and oxygen atoms in total. The van der Waals surface area contributed by atoms with Crippen molar-refractivity contribution in [3.63, 3.8) is 0 Å². The summed E-state index contributed by atoms with van der Waals surface area (Å²) in [5, 5.41) is 12.9. The fourth-order valence-electron chi connectivity index (χ4n) is 1.20. The van der Waals surface area contributed by atoms with E-state index in [1.165, 1.54) is 7.11 Å². The number of hydrogen-bond acceptors (Lipinski definition) is 6. The molecule has 0 atom stereocenters. The number of nitriles is 1. The smallest absolute Gasteiger partial charge is 0.369 e. The predicted octanol–water partition coefficient (Wildman–Crippen LogP) is 2.20. The normalized spacial score (nSPS) is 10.5. The van der Waals surface area contributed by atoms with Gasteiger partial charge in [-0.1, -0.05) is 11.6 Å². The Balaban J connectivity index is 2.93. The van der Waals surface area contributed by atoms with Gasteiger partial charge in [0, 0.05) is 5.02 Å². The number of nitrogens with zero attached hydrogens (tertiary/aromatic N) is 2. The van der Waals surface area contributed by atoms with Gasteiger partial charge in [0.2, 0.25) is 5.71 Å². The Morgan fingerprint density at radius 2 is 2.32 bits per heavy atom. The molecule has 1 N–H and O–H groups in total. The number of ether oxygens (including phenoxy) is 2. The summed E-state index contributed by atoms with van der Waals surface area (Å²) < 4.78 is 9.76. The first-order valence-electron chi connectivity index (χ1n) is 5.36. The minimum atomic E-state index is -0.793. The first-order valence-corrected chi connectivity index (χ1v) is 5.74. The molecule has 0 bridgehead atoms. The quantitative estimate of drug-likeness (QED) is 0.508. The molecule has 0 aliphatic rings. The first-order chi connectivity index (χ1) is 9.12. The molecule has 0 heterocycles. The highest BCUT2D eigenvalue weighted by atomic mass is 35.5. The van der Waals surface area contributed by atoms with Crippen LogP contribution in [0.25, 0.3) is 0 Å². The van der Waals surface area contributed by atoms with Crippen LogP contribution in [0.1, 0.15) is 6.92 Å². The van der Waals surface area contributed by atoms with E-state index in [0.29, 0.717) is 16.5 Å². The van der Waals surface area contributed by atoms with Crippen molar-refractivity contribution in [2.24, 2.45) is 5.10 Å². The van der Waals surface area contributed by atoms with Gasteiger partial charge in [0.25, 0.3) is 0 Å². The van der Waals surface area contributed by atoms with E-state index < -0.39 is 5.97 Å². The van der Waals surface area contributed by atoms with E-state index in [0.717, 1.165) is 0 Å². The second-order valence-corrected chi connectivity index (χ2v) is 3.69. The minimum Gasteiger partial charge on any atom is -0.495 e. The SMILES string of the molecule is CCOC(=O)C(C#N)=NNc1cc(Cl)ccc1OC. The maximum absolute atomic E-state index is 11.3. The summed E-state index contributed by atoms with van der Waals surface area (Å²) in [5.74, 6) is -0.312. The molecule has 0 radical (unpaired) electrons. The summed E-state index contributed by atoms with van der Waals surface area (Å²) in [5.41, 5.74) is 2.60. The van der Waals surface area contributed by atoms with Crippen LogP contribution in [0.15, 0.2) is 23.3 Å². The van der Waals surface area contributed by atoms with Crippen molar-refractivity contribution in [2.45, 2.75) is 6.92 Å². The lowest BCUT2D eigenvalue weighted by Crippen LogP contribution is -2.17. The van der Waals surface area contributed by atoms with Crippen LogP contribution in [0.4, 0.5) is 5.69 Å². The number of benzene rings is 1. The monoisotopic (exact) mass is 281 g/mol. The number of methoxy groups -OCH3 is 1. The summed E-state index contributed by atoms with van der Waals surface area (Å²) in [6.07, 6.45) is 0. The van der Waals surface area contributed by atoms with Crippen molar-refractivity contribution in [1.29, 1.82) is 5.26 Å². The third-order valence-electron chi connectivity index (χ3n) is 2.02. The van der Waals surface area contributed by atoms with Crippen molar-refractivity contribution in [1.82, 2.24) is 0 Å². The average Bonchev–Trinajstić information content (AvgIpc) is 2.40. The number of nitrogens with one attached hydrogen (secondary N) is 1. The molecule has 1 aromatic rings. The van der Waals surface area contributed by atoms with Crippen LogP contribution in [0.5, 0.6) is 5.75 Å². The third kappa shape index (κ3) is 4.16. The van der Waals surface area contributed by atoms with Crippen LogP contribution in [0.3, 0.4) is 0 Å². The maximum Gasteiger partial charge on any atom is 0.369 e. The van der Waals surface area contributed by atoms with Gasteiger partial charge < -0.3 is 9.47 Å². The van der Waals surface area contributed by atoms with Gasteiger partial charge in [-0.3, -0.25) is 5.43 Å². The van der Waals surface area contributed by atoms with E-state index in [-0.39, 0.29) is 12.3 Å². The van der Waals surface area contributed by atoms with Gasteiger partial charge in [0.05, 0.1) is 19.4 Å². The van der Waals surface area contributed by atoms with E-state index in [1.807, 2.05) is 0 Å². The number of rotatable bonds is 5. The Hall–Kier alpha value is -2.26. The zero-order chi connectivity index (χ0) is 14.3. The molecule has 1 aromatic carbocycles. The van der Waals surface area contributed by atoms with Gasteiger partial charge in [0.1, 0.15) is 11.8 Å². The van der Waals surface area contributed by atoms with Crippen LogP contribution in [0.2, 0.25) is 5.02 Å². The van der Waals surface area contributed by atoms with Crippen molar-refractivity contribution in [2.75, 3.05) is 19.1 Å². The van der Waals surface area contributed by atoms with Gasteiger partial charge in [-0.05, 0) is 25.1 Å². The van der Waals surface area contributed by atoms with Crippen molar-refractivity contribution < 1.29 is 14.3 Å². The molecule has 0 aliphatic carbocycles. The number of anilines is 1. The summed E-state index contributed by atoms with van der Waals surface area (Å²) in [7, 11) is 1.48. The van der Waals surface area contributed by atoms with E-state index in [4.69, 9.17) is 21.6 Å². The molecule has 0 fully saturated rings. The fraction of sp³-hybridized carbons (Fsp3) is 0.250. The lowest BCUT2D eigenvalue weighted by atomic mass is 10.3. The number of halogens is 1. The van der Waals surface area contributed by atoms with Crippen LogP contribution in [-0.4, -0.2) is 25.4 Å². The molecule has 19 heavy (non-hydrogen) atoms. The molecular formula is C12H12ClN3O3. The molecular weight excluding hydrogens is 270 g/mol. The third-order valence-corrected chi connectivity index (χ3v) is 2.26. The minimum absolute atomic E-state index is 0.167. The number of carbonyl (C=O) groups excluding carboxylic acids is 1. The zero-order valence-electron chi connectivity index (χ0n) is 10.4. The van der Waals surface area contributed by atoms with Crippen molar-refractivity contribution in [3.8, 4) is 11.8 Å². The molecule has 0 aliphatic heterocycles. The van der Waals surface area contributed by atoms with Gasteiger partial charge in [-0.2, -0.15) is 10.4 Å². The van der Waals surface area contributed by atoms with Crippen LogP contribution in [-0.2, 0) is 9.53 Å². The number of hydrazone groups is 1. The fourth-order valence-corrected chi connectivity index (χ4v) is 1.37. The highest BCUT2D eigenvalue weighted by molar-refractivity contribution is 6.43. The summed E-state index contributed by atoms with van der Waals surface area (Å²) >= 11 is 5.83. The van der Waals surface area contributed by atoms with E-state index in [1.54, 1.807) is 31.2 Å². The van der Waals surface area contributed by atoms with E-state index >= 15 is 0 Å². The van der Waals surface area contributed by atoms with Crippen LogP contribution >= 0.6 is 11.6 Å². The molecule has 0 aromatic heterocycles. The van der Waals surface area contributed by atoms with Crippen LogP contribution < -0.4 is 10.2 Å². The lowest BCUT2D eigenvalue weighted by molar-refractivity contribution is -0.134. The zero-order valence-corrected chi connectivity index (χ0v) is 11.2. The van der Waals surface area contributed by atoms with E-state index in [9.17, 15) is 4.79 Å². The number of carbonyl (C=O) groups is 1. The van der Waals surface area contributed by atoms with E-state index in [2.05, 4.69) is 15.3 Å². The summed E-state index contributed by atoms with van der Waals surface area (Å²) in [6.45, 7) is 1.81. The summed E-state index contributed by atoms with van der Waals surface area (Å²) in [4.78, 5) is 11.3. The Labute approximate surface area is 115 Å². The van der Waals surface area contributed by atoms with Crippen LogP contribution in [0, 0.1) is 11.3 Å². The Morgan fingerprint density at radius 1 is 1.58 bits per heavy atom. The first kappa shape index (κ1) is 14.8. The van der Waals surface area contributed by atoms with Crippen molar-refractivity contribution in [3.05, 3.63) is 23.2 Å². The molecule has 1 rings (SSSR count). The van der Waals surface area contributed by atoms with Gasteiger partial charge >= 0.3 is 5.97 Å². The molecule has 0 amide bonds. The lowest BCUT2D eigenvalue weighted by Gasteiger charge is -2.08. The largest absolute Gasteiger partial charge is 0.495 e. The van der Waals surface area contributed by atoms with Crippen molar-refractivity contribution >= 4 is 29.0 Å². The second kappa shape index (κ2) is 7.24. The molecule has 0 spiro atoms. The van der Waals surface area contributed by atoms with Gasteiger partial charge in [0.15, 0.2) is 0 Å². The number of esters is 1. The topological polar surface area (TPSA) is 83.7 Å². The molecule has 7 heteroatoms. The van der Waals surface area contributed by atoms with Gasteiger partial charge in [-0.25, -0.2) is 4.79 Å². The summed E-state index contributed by atoms with van der Waals surface area (Å²) in [6, 6.07) is 6.49. The molecule has 0 saturated heterocycles. The Bertz CT molecular complexity index is 538. The average molecular weight is 282 g/mol. The molecule has 100 valence electrons. The standard InChI is InChI=1S/C12H12ClN3O3/c1-3-19-12(17)10(7-14)16-15-9-6-8(13)4-5-11(9)18-2/h4-6,15H,3H2,1-2H3. The predicted molar refractivity (Wildman–Crippen MR) is 71.3 cm³/mol. The Morgan fingerprint density at radius 3 is 2.89 bits per heavy atom. The highest BCUT2D eigenvalue weighted by Crippen LogP contribution is 2.27. The Kier molecular flexibility index (Phi) is 5.64. The highest BCUT2D eigenvalue weighted by Gasteiger charge is 2.12. The molecule has 0 unspecified atom stereocenters.